The highest BCUT2D eigenvalue weighted by Crippen LogP contribution is 2.22. The Balaban J connectivity index is 2.25. The van der Waals surface area contributed by atoms with E-state index < -0.39 is 27.1 Å². The van der Waals surface area contributed by atoms with Gasteiger partial charge in [-0.05, 0) is 24.1 Å². The van der Waals surface area contributed by atoms with Gasteiger partial charge in [0.2, 0.25) is 10.0 Å². The highest BCUT2D eigenvalue weighted by Gasteiger charge is 2.30. The molecule has 0 heterocycles. The smallest absolute Gasteiger partial charge is 0.269 e. The van der Waals surface area contributed by atoms with Crippen LogP contribution in [0.25, 0.3) is 0 Å². The topological polar surface area (TPSA) is 116 Å². The Labute approximate surface area is 182 Å². The lowest BCUT2D eigenvalue weighted by Gasteiger charge is -2.30. The van der Waals surface area contributed by atoms with Crippen LogP contribution in [-0.4, -0.2) is 55.2 Å². The quantitative estimate of drug-likeness (QED) is 0.307. The van der Waals surface area contributed by atoms with E-state index in [0.29, 0.717) is 6.42 Å². The Kier molecular flexibility index (Phi) is 8.80. The zero-order valence-electron chi connectivity index (χ0n) is 16.9. The number of nitro benzene ring substituents is 1. The van der Waals surface area contributed by atoms with Crippen molar-refractivity contribution >= 4 is 28.3 Å². The van der Waals surface area contributed by atoms with Crippen molar-refractivity contribution in [1.82, 2.24) is 4.31 Å². The Hall–Kier alpha value is -1.98. The molecular weight excluding hydrogens is 426 g/mol. The fraction of sp³-hybridized carbons (Fsp3) is 0.400. The lowest BCUT2D eigenvalue weighted by atomic mass is 10.0. The number of nitrogens with two attached hydrogens (primary N) is 1. The zero-order chi connectivity index (χ0) is 22.3. The number of non-ortho nitro benzene ring substituents is 1. The molecule has 2 rings (SSSR count). The predicted octanol–water partition coefficient (Wildman–Crippen LogP) is 2.49. The summed E-state index contributed by atoms with van der Waals surface area (Å²) in [4.78, 5) is 10.2. The van der Waals surface area contributed by atoms with Gasteiger partial charge in [-0.25, -0.2) is 8.42 Å². The molecule has 30 heavy (non-hydrogen) atoms. The van der Waals surface area contributed by atoms with Gasteiger partial charge in [-0.1, -0.05) is 37.3 Å². The van der Waals surface area contributed by atoms with Crippen molar-refractivity contribution in [2.45, 2.75) is 35.6 Å². The molecule has 0 saturated carbocycles. The average Bonchev–Trinajstić information content (AvgIpc) is 2.71. The number of thiol groups is 1. The predicted molar refractivity (Wildman–Crippen MR) is 119 cm³/mol. The van der Waals surface area contributed by atoms with Crippen LogP contribution in [-0.2, 0) is 21.2 Å². The van der Waals surface area contributed by atoms with Crippen LogP contribution in [0.3, 0.4) is 0 Å². The van der Waals surface area contributed by atoms with E-state index in [1.54, 1.807) is 6.92 Å². The molecule has 3 atom stereocenters. The van der Waals surface area contributed by atoms with Crippen LogP contribution in [0.5, 0.6) is 0 Å². The first kappa shape index (κ1) is 24.3. The molecule has 0 saturated heterocycles. The highest BCUT2D eigenvalue weighted by atomic mass is 32.2. The molecule has 0 spiro atoms. The summed E-state index contributed by atoms with van der Waals surface area (Å²) in [6.45, 7) is 1.96. The van der Waals surface area contributed by atoms with Crippen molar-refractivity contribution in [3.8, 4) is 0 Å². The van der Waals surface area contributed by atoms with Gasteiger partial charge in [-0.3, -0.25) is 10.1 Å². The second kappa shape index (κ2) is 10.9. The fourth-order valence-electron chi connectivity index (χ4n) is 3.06. The minimum atomic E-state index is -3.92. The summed E-state index contributed by atoms with van der Waals surface area (Å²) in [5.41, 5.74) is 7.18. The zero-order valence-corrected chi connectivity index (χ0v) is 18.6. The highest BCUT2D eigenvalue weighted by molar-refractivity contribution is 7.89. The molecule has 0 amide bonds. The van der Waals surface area contributed by atoms with Crippen LogP contribution in [0.4, 0.5) is 5.69 Å². The molecule has 164 valence electrons. The SMILES string of the molecule is CO[C@H](CN(CC(C)S)S(=O)(=O)c1ccc([N+](=O)[O-])cc1)[C@@H](N)Cc1ccccc1. The van der Waals surface area contributed by atoms with E-state index in [2.05, 4.69) is 12.6 Å². The van der Waals surface area contributed by atoms with Crippen molar-refractivity contribution in [1.29, 1.82) is 0 Å². The minimum Gasteiger partial charge on any atom is -0.378 e. The van der Waals surface area contributed by atoms with Gasteiger partial charge >= 0.3 is 0 Å². The maximum Gasteiger partial charge on any atom is 0.269 e. The molecule has 0 aliphatic rings. The summed E-state index contributed by atoms with van der Waals surface area (Å²) in [6, 6.07) is 14.0. The Morgan fingerprint density at radius 1 is 1.13 bits per heavy atom. The summed E-state index contributed by atoms with van der Waals surface area (Å²) in [7, 11) is -2.43. The normalized spacial score (nSPS) is 15.0. The van der Waals surface area contributed by atoms with Crippen molar-refractivity contribution in [3.63, 3.8) is 0 Å². The van der Waals surface area contributed by atoms with Crippen molar-refractivity contribution in [2.24, 2.45) is 5.73 Å². The Morgan fingerprint density at radius 3 is 2.23 bits per heavy atom. The lowest BCUT2D eigenvalue weighted by molar-refractivity contribution is -0.384. The van der Waals surface area contributed by atoms with E-state index >= 15 is 0 Å². The molecule has 0 radical (unpaired) electrons. The van der Waals surface area contributed by atoms with E-state index in [1.165, 1.54) is 35.7 Å². The van der Waals surface area contributed by atoms with E-state index in [4.69, 9.17) is 10.5 Å². The maximum absolute atomic E-state index is 13.2. The van der Waals surface area contributed by atoms with Gasteiger partial charge < -0.3 is 10.5 Å². The molecule has 8 nitrogen and oxygen atoms in total. The number of benzene rings is 2. The minimum absolute atomic E-state index is 0.0337. The molecule has 0 aliphatic carbocycles. The van der Waals surface area contributed by atoms with Gasteiger partial charge in [0.05, 0.1) is 15.9 Å². The molecule has 2 aromatic carbocycles. The molecule has 0 aromatic heterocycles. The summed E-state index contributed by atoms with van der Waals surface area (Å²) in [6.07, 6.45) is -0.0219. The van der Waals surface area contributed by atoms with Crippen molar-refractivity contribution < 1.29 is 18.1 Å². The molecule has 0 bridgehead atoms. The van der Waals surface area contributed by atoms with E-state index in [9.17, 15) is 18.5 Å². The number of nitro groups is 1. The number of sulfonamides is 1. The molecule has 2 aromatic rings. The number of rotatable bonds is 11. The molecular formula is C20H27N3O5S2. The van der Waals surface area contributed by atoms with Crippen LogP contribution in [0.2, 0.25) is 0 Å². The Morgan fingerprint density at radius 2 is 1.73 bits per heavy atom. The Bertz CT molecular complexity index is 921. The maximum atomic E-state index is 13.2. The first-order valence-electron chi connectivity index (χ1n) is 9.40. The van der Waals surface area contributed by atoms with E-state index in [-0.39, 0.29) is 28.9 Å². The number of ether oxygens (including phenoxy) is 1. The van der Waals surface area contributed by atoms with Crippen molar-refractivity contribution in [3.05, 3.63) is 70.3 Å². The molecule has 10 heteroatoms. The number of nitrogens with zero attached hydrogens (tertiary/aromatic N) is 2. The fourth-order valence-corrected chi connectivity index (χ4v) is 4.91. The number of hydrogen-bond donors (Lipinski definition) is 2. The first-order chi connectivity index (χ1) is 14.1. The first-order valence-corrected chi connectivity index (χ1v) is 11.4. The van der Waals surface area contributed by atoms with Gasteiger partial charge in [0, 0.05) is 43.6 Å². The van der Waals surface area contributed by atoms with E-state index in [1.807, 2.05) is 30.3 Å². The van der Waals surface area contributed by atoms with Gasteiger partial charge in [0.1, 0.15) is 0 Å². The summed E-state index contributed by atoms with van der Waals surface area (Å²) >= 11 is 4.34. The number of hydrogen-bond acceptors (Lipinski definition) is 7. The third-order valence-electron chi connectivity index (χ3n) is 4.63. The van der Waals surface area contributed by atoms with Crippen LogP contribution >= 0.6 is 12.6 Å². The molecule has 1 unspecified atom stereocenters. The largest absolute Gasteiger partial charge is 0.378 e. The monoisotopic (exact) mass is 453 g/mol. The van der Waals surface area contributed by atoms with Crippen LogP contribution in [0.15, 0.2) is 59.5 Å². The third-order valence-corrected chi connectivity index (χ3v) is 6.64. The molecule has 0 aliphatic heterocycles. The van der Waals surface area contributed by atoms with Crippen molar-refractivity contribution in [2.75, 3.05) is 20.2 Å². The van der Waals surface area contributed by atoms with Gasteiger partial charge in [-0.15, -0.1) is 0 Å². The second-order valence-corrected chi connectivity index (χ2v) is 9.87. The second-order valence-electron chi connectivity index (χ2n) is 7.05. The third kappa shape index (κ3) is 6.51. The van der Waals surface area contributed by atoms with E-state index in [0.717, 1.165) is 5.56 Å². The van der Waals surface area contributed by atoms with Crippen LogP contribution in [0, 0.1) is 10.1 Å². The summed E-state index contributed by atoms with van der Waals surface area (Å²) in [5.74, 6) is 0. The summed E-state index contributed by atoms with van der Waals surface area (Å²) < 4.78 is 33.2. The molecule has 2 N–H and O–H groups in total. The van der Waals surface area contributed by atoms with Crippen LogP contribution in [0.1, 0.15) is 12.5 Å². The number of methoxy groups -OCH3 is 1. The standard InChI is InChI=1S/C20H27N3O5S2/c1-15(29)13-22(30(26,27)18-10-8-17(9-11-18)23(24)25)14-20(28-2)19(21)12-16-6-4-3-5-7-16/h3-11,15,19-20,29H,12-14,21H2,1-2H3/t15?,19-,20+/m0/s1. The molecule has 0 fully saturated rings. The van der Waals surface area contributed by atoms with Gasteiger partial charge in [0.15, 0.2) is 0 Å². The van der Waals surface area contributed by atoms with Gasteiger partial charge in [0.25, 0.3) is 5.69 Å². The average molecular weight is 454 g/mol. The lowest BCUT2D eigenvalue weighted by Crippen LogP contribution is -2.48. The van der Waals surface area contributed by atoms with Gasteiger partial charge in [-0.2, -0.15) is 16.9 Å². The summed E-state index contributed by atoms with van der Waals surface area (Å²) in [5, 5.41) is 10.6. The van der Waals surface area contributed by atoms with Crippen LogP contribution < -0.4 is 5.73 Å².